The van der Waals surface area contributed by atoms with Crippen LogP contribution in [0.15, 0.2) is 30.3 Å². The summed E-state index contributed by atoms with van der Waals surface area (Å²) in [4.78, 5) is 18.2. The average Bonchev–Trinajstić information content (AvgIpc) is 2.91. The van der Waals surface area contributed by atoms with Crippen molar-refractivity contribution < 1.29 is 9.66 Å². The number of aromatic amines is 1. The topological polar surface area (TPSA) is 81.0 Å². The summed E-state index contributed by atoms with van der Waals surface area (Å²) in [7, 11) is 0. The Kier molecular flexibility index (Phi) is 4.11. The van der Waals surface area contributed by atoms with Gasteiger partial charge in [-0.15, -0.1) is 0 Å². The van der Waals surface area contributed by atoms with Crippen LogP contribution in [-0.2, 0) is 0 Å². The summed E-state index contributed by atoms with van der Waals surface area (Å²) in [6.45, 7) is 2.12. The summed E-state index contributed by atoms with van der Waals surface area (Å²) in [6, 6.07) is 8.00. The first-order valence-electron chi connectivity index (χ1n) is 6.76. The van der Waals surface area contributed by atoms with Crippen LogP contribution in [0.25, 0.3) is 22.4 Å². The minimum absolute atomic E-state index is 0.110. The van der Waals surface area contributed by atoms with Gasteiger partial charge in [0, 0.05) is 11.6 Å². The number of benzene rings is 2. The first kappa shape index (κ1) is 15.6. The normalized spacial score (nSPS) is 10.9. The number of nitrogens with zero attached hydrogens (tertiary/aromatic N) is 2. The van der Waals surface area contributed by atoms with Crippen molar-refractivity contribution in [2.24, 2.45) is 0 Å². The SMILES string of the molecule is CCOc1ccc(-c2nc3cc(Cl)c(Cl)cc3[nH]2)cc1[N+](=O)[O-]. The fraction of sp³-hybridized carbons (Fsp3) is 0.133. The van der Waals surface area contributed by atoms with Gasteiger partial charge in [0.05, 0.1) is 32.6 Å². The number of ether oxygens (including phenoxy) is 1. The molecule has 0 atom stereocenters. The number of imidazole rings is 1. The van der Waals surface area contributed by atoms with Gasteiger partial charge in [-0.2, -0.15) is 0 Å². The molecule has 8 heteroatoms. The third-order valence-corrected chi connectivity index (χ3v) is 3.98. The first-order chi connectivity index (χ1) is 11.0. The van der Waals surface area contributed by atoms with E-state index in [1.165, 1.54) is 6.07 Å². The van der Waals surface area contributed by atoms with E-state index in [1.807, 2.05) is 0 Å². The van der Waals surface area contributed by atoms with Gasteiger partial charge in [0.25, 0.3) is 0 Å². The van der Waals surface area contributed by atoms with Crippen LogP contribution in [0.1, 0.15) is 6.92 Å². The maximum Gasteiger partial charge on any atom is 0.311 e. The lowest BCUT2D eigenvalue weighted by Crippen LogP contribution is -1.98. The van der Waals surface area contributed by atoms with Crippen molar-refractivity contribution in [3.63, 3.8) is 0 Å². The van der Waals surface area contributed by atoms with Crippen molar-refractivity contribution >= 4 is 39.9 Å². The van der Waals surface area contributed by atoms with Crippen LogP contribution in [0, 0.1) is 10.1 Å². The van der Waals surface area contributed by atoms with Crippen LogP contribution in [0.4, 0.5) is 5.69 Å². The number of nitro benzene ring substituents is 1. The fourth-order valence-corrected chi connectivity index (χ4v) is 2.55. The molecule has 0 aliphatic heterocycles. The molecule has 3 rings (SSSR count). The Labute approximate surface area is 141 Å². The van der Waals surface area contributed by atoms with E-state index in [2.05, 4.69) is 9.97 Å². The minimum atomic E-state index is -0.481. The number of nitrogens with one attached hydrogen (secondary N) is 1. The van der Waals surface area contributed by atoms with Gasteiger partial charge < -0.3 is 9.72 Å². The van der Waals surface area contributed by atoms with Crippen molar-refractivity contribution in [2.75, 3.05) is 6.61 Å². The third kappa shape index (κ3) is 2.95. The van der Waals surface area contributed by atoms with E-state index in [0.29, 0.717) is 39.1 Å². The van der Waals surface area contributed by atoms with Crippen LogP contribution < -0.4 is 4.74 Å². The Morgan fingerprint density at radius 2 is 2.00 bits per heavy atom. The maximum absolute atomic E-state index is 11.2. The van der Waals surface area contributed by atoms with Crippen molar-refractivity contribution in [3.8, 4) is 17.1 Å². The second-order valence-corrected chi connectivity index (χ2v) is 5.56. The summed E-state index contributed by atoms with van der Waals surface area (Å²) >= 11 is 12.0. The molecular formula is C15H11Cl2N3O3. The highest BCUT2D eigenvalue weighted by Crippen LogP contribution is 2.33. The standard InChI is InChI=1S/C15H11Cl2N3O3/c1-2-23-14-4-3-8(5-13(14)20(21)22)15-18-11-6-9(16)10(17)7-12(11)19-15/h3-7H,2H2,1H3,(H,18,19). The molecule has 0 radical (unpaired) electrons. The van der Waals surface area contributed by atoms with E-state index < -0.39 is 4.92 Å². The number of hydrogen-bond acceptors (Lipinski definition) is 4. The Balaban J connectivity index is 2.11. The van der Waals surface area contributed by atoms with Crippen LogP contribution in [0.2, 0.25) is 10.0 Å². The van der Waals surface area contributed by atoms with Crippen LogP contribution in [-0.4, -0.2) is 21.5 Å². The van der Waals surface area contributed by atoms with Crippen molar-refractivity contribution in [3.05, 3.63) is 50.5 Å². The van der Waals surface area contributed by atoms with Gasteiger partial charge in [-0.25, -0.2) is 4.98 Å². The summed E-state index contributed by atoms with van der Waals surface area (Å²) in [6.07, 6.45) is 0. The molecule has 0 amide bonds. The smallest absolute Gasteiger partial charge is 0.311 e. The zero-order chi connectivity index (χ0) is 16.6. The molecule has 0 spiro atoms. The van der Waals surface area contributed by atoms with E-state index >= 15 is 0 Å². The van der Waals surface area contributed by atoms with Gasteiger partial charge in [-0.3, -0.25) is 10.1 Å². The highest BCUT2D eigenvalue weighted by atomic mass is 35.5. The van der Waals surface area contributed by atoms with E-state index in [1.54, 1.807) is 31.2 Å². The van der Waals surface area contributed by atoms with Crippen molar-refractivity contribution in [1.82, 2.24) is 9.97 Å². The first-order valence-corrected chi connectivity index (χ1v) is 7.51. The summed E-state index contributed by atoms with van der Waals surface area (Å²) in [5, 5.41) is 12.0. The van der Waals surface area contributed by atoms with Gasteiger partial charge in [-0.1, -0.05) is 23.2 Å². The van der Waals surface area contributed by atoms with Crippen LogP contribution >= 0.6 is 23.2 Å². The van der Waals surface area contributed by atoms with E-state index in [0.717, 1.165) is 0 Å². The molecule has 0 aliphatic carbocycles. The molecule has 118 valence electrons. The Hall–Kier alpha value is -2.31. The molecule has 6 nitrogen and oxygen atoms in total. The fourth-order valence-electron chi connectivity index (χ4n) is 2.23. The molecule has 1 aromatic heterocycles. The Morgan fingerprint density at radius 3 is 2.70 bits per heavy atom. The molecular weight excluding hydrogens is 341 g/mol. The average molecular weight is 352 g/mol. The maximum atomic E-state index is 11.2. The minimum Gasteiger partial charge on any atom is -0.487 e. The van der Waals surface area contributed by atoms with Gasteiger partial charge in [-0.05, 0) is 31.2 Å². The Bertz CT molecular complexity index is 869. The van der Waals surface area contributed by atoms with E-state index in [9.17, 15) is 10.1 Å². The largest absolute Gasteiger partial charge is 0.487 e. The quantitative estimate of drug-likeness (QED) is 0.538. The number of fused-ring (bicyclic) bond motifs is 1. The number of rotatable bonds is 4. The number of nitro groups is 1. The van der Waals surface area contributed by atoms with Crippen molar-refractivity contribution in [1.29, 1.82) is 0 Å². The number of hydrogen-bond donors (Lipinski definition) is 1. The van der Waals surface area contributed by atoms with Gasteiger partial charge in [0.2, 0.25) is 0 Å². The molecule has 2 aromatic carbocycles. The molecule has 0 aliphatic rings. The third-order valence-electron chi connectivity index (χ3n) is 3.25. The van der Waals surface area contributed by atoms with Gasteiger partial charge in [0.15, 0.2) is 5.75 Å². The summed E-state index contributed by atoms with van der Waals surface area (Å²) < 4.78 is 5.27. The van der Waals surface area contributed by atoms with Crippen LogP contribution in [0.5, 0.6) is 5.75 Å². The molecule has 0 bridgehead atoms. The Morgan fingerprint density at radius 1 is 1.26 bits per heavy atom. The van der Waals surface area contributed by atoms with E-state index in [-0.39, 0.29) is 11.4 Å². The zero-order valence-corrected chi connectivity index (χ0v) is 13.5. The lowest BCUT2D eigenvalue weighted by atomic mass is 10.2. The molecule has 0 saturated heterocycles. The molecule has 0 unspecified atom stereocenters. The second kappa shape index (κ2) is 6.06. The summed E-state index contributed by atoms with van der Waals surface area (Å²) in [5.41, 5.74) is 1.79. The van der Waals surface area contributed by atoms with Gasteiger partial charge in [0.1, 0.15) is 5.82 Å². The molecule has 3 aromatic rings. The highest BCUT2D eigenvalue weighted by Gasteiger charge is 2.18. The monoisotopic (exact) mass is 351 g/mol. The molecule has 0 saturated carbocycles. The predicted molar refractivity (Wildman–Crippen MR) is 89.4 cm³/mol. The summed E-state index contributed by atoms with van der Waals surface area (Å²) in [5.74, 6) is 0.716. The number of halogens is 2. The second-order valence-electron chi connectivity index (χ2n) is 4.74. The number of aromatic nitrogens is 2. The predicted octanol–water partition coefficient (Wildman–Crippen LogP) is 4.84. The lowest BCUT2D eigenvalue weighted by molar-refractivity contribution is -0.385. The lowest BCUT2D eigenvalue weighted by Gasteiger charge is -2.05. The van der Waals surface area contributed by atoms with E-state index in [4.69, 9.17) is 27.9 Å². The molecule has 23 heavy (non-hydrogen) atoms. The molecule has 0 fully saturated rings. The number of H-pyrrole nitrogens is 1. The highest BCUT2D eigenvalue weighted by molar-refractivity contribution is 6.42. The van der Waals surface area contributed by atoms with Crippen molar-refractivity contribution in [2.45, 2.75) is 6.92 Å². The molecule has 1 heterocycles. The van der Waals surface area contributed by atoms with Gasteiger partial charge >= 0.3 is 5.69 Å². The van der Waals surface area contributed by atoms with Crippen LogP contribution in [0.3, 0.4) is 0 Å². The zero-order valence-electron chi connectivity index (χ0n) is 12.0. The molecule has 1 N–H and O–H groups in total.